The summed E-state index contributed by atoms with van der Waals surface area (Å²) >= 11 is 0. The number of rotatable bonds is 7. The fourth-order valence-electron chi connectivity index (χ4n) is 1.96. The van der Waals surface area contributed by atoms with Crippen LogP contribution in [0, 0.1) is 0 Å². The Hall–Kier alpha value is -0.773. The minimum Gasteiger partial charge on any atom is -0.304 e. The lowest BCUT2D eigenvalue weighted by Gasteiger charge is -2.24. The molecule has 0 rings (SSSR count). The fraction of sp³-hybridized carbons (Fsp3) is 0.727. The molecular formula is C11H20O3Si. The Balaban J connectivity index is 5.39. The molecule has 4 heteroatoms. The van der Waals surface area contributed by atoms with Crippen LogP contribution < -0.4 is 0 Å². The van der Waals surface area contributed by atoms with Crippen molar-refractivity contribution in [2.75, 3.05) is 0 Å². The third-order valence-electron chi connectivity index (χ3n) is 2.92. The summed E-state index contributed by atoms with van der Waals surface area (Å²) in [4.78, 5) is 35.7. The van der Waals surface area contributed by atoms with Gasteiger partial charge >= 0.3 is 0 Å². The van der Waals surface area contributed by atoms with Crippen molar-refractivity contribution in [3.8, 4) is 0 Å². The summed E-state index contributed by atoms with van der Waals surface area (Å²) in [5.41, 5.74) is 0. The zero-order valence-corrected chi connectivity index (χ0v) is 11.1. The summed E-state index contributed by atoms with van der Waals surface area (Å²) in [5, 5.41) is -0.281. The van der Waals surface area contributed by atoms with Crippen molar-refractivity contribution in [2.24, 2.45) is 0 Å². The molecule has 0 unspecified atom stereocenters. The largest absolute Gasteiger partial charge is 0.304 e. The van der Waals surface area contributed by atoms with Gasteiger partial charge in [-0.25, -0.2) is 0 Å². The van der Waals surface area contributed by atoms with Crippen LogP contribution in [-0.2, 0) is 14.4 Å². The molecule has 0 atom stereocenters. The van der Waals surface area contributed by atoms with E-state index in [1.165, 1.54) is 0 Å². The van der Waals surface area contributed by atoms with Gasteiger partial charge in [0.25, 0.3) is 8.07 Å². The molecule has 0 bridgehead atoms. The van der Waals surface area contributed by atoms with E-state index in [4.69, 9.17) is 0 Å². The Morgan fingerprint density at radius 3 is 1.13 bits per heavy atom. The van der Waals surface area contributed by atoms with Gasteiger partial charge in [-0.05, 0) is 25.3 Å². The highest BCUT2D eigenvalue weighted by Crippen LogP contribution is 2.19. The van der Waals surface area contributed by atoms with E-state index >= 15 is 0 Å². The van der Waals surface area contributed by atoms with E-state index in [9.17, 15) is 14.4 Å². The first kappa shape index (κ1) is 14.2. The fourth-order valence-corrected chi connectivity index (χ4v) is 5.89. The smallest absolute Gasteiger partial charge is 0.279 e. The maximum atomic E-state index is 11.9. The van der Waals surface area contributed by atoms with Crippen molar-refractivity contribution in [1.82, 2.24) is 0 Å². The molecule has 0 aromatic carbocycles. The van der Waals surface area contributed by atoms with Crippen LogP contribution in [0.4, 0.5) is 0 Å². The maximum Gasteiger partial charge on any atom is 0.279 e. The van der Waals surface area contributed by atoms with Crippen LogP contribution in [0.2, 0.25) is 6.04 Å². The highest BCUT2D eigenvalue weighted by Gasteiger charge is 2.50. The quantitative estimate of drug-likeness (QED) is 0.626. The predicted octanol–water partition coefficient (Wildman–Crippen LogP) is 2.01. The van der Waals surface area contributed by atoms with Gasteiger partial charge in [-0.15, -0.1) is 0 Å². The Bertz CT molecular complexity index is 230. The van der Waals surface area contributed by atoms with Gasteiger partial charge in [-0.2, -0.15) is 0 Å². The van der Waals surface area contributed by atoms with Gasteiger partial charge in [0, 0.05) is 0 Å². The Labute approximate surface area is 92.3 Å². The van der Waals surface area contributed by atoms with Gasteiger partial charge in [-0.1, -0.05) is 27.7 Å². The predicted molar refractivity (Wildman–Crippen MR) is 62.1 cm³/mol. The first-order chi connectivity index (χ1) is 7.00. The molecule has 0 spiro atoms. The molecule has 0 aliphatic carbocycles. The first-order valence-electron chi connectivity index (χ1n) is 5.61. The molecule has 0 fully saturated rings. The van der Waals surface area contributed by atoms with Crippen molar-refractivity contribution < 1.29 is 14.4 Å². The molecule has 0 aromatic heterocycles. The lowest BCUT2D eigenvalue weighted by atomic mass is 10.5. The highest BCUT2D eigenvalue weighted by molar-refractivity contribution is 7.40. The van der Waals surface area contributed by atoms with E-state index in [-0.39, 0.29) is 16.2 Å². The molecule has 0 saturated carbocycles. The first-order valence-corrected chi connectivity index (χ1v) is 7.81. The molecule has 0 saturated heterocycles. The SMILES string of the molecule is CCC(=O)[Si](CC)(C(=O)CC)C(=O)CC. The number of carbonyl (C=O) groups excluding carboxylic acids is 3. The van der Waals surface area contributed by atoms with Gasteiger partial charge in [0.15, 0.2) is 0 Å². The molecule has 86 valence electrons. The van der Waals surface area contributed by atoms with Gasteiger partial charge in [0.05, 0.1) is 0 Å². The molecule has 15 heavy (non-hydrogen) atoms. The summed E-state index contributed by atoms with van der Waals surface area (Å²) in [7, 11) is -3.00. The van der Waals surface area contributed by atoms with Crippen LogP contribution in [0.5, 0.6) is 0 Å². The summed E-state index contributed by atoms with van der Waals surface area (Å²) in [6.07, 6.45) is 0.909. The number of hydrogen-bond acceptors (Lipinski definition) is 3. The van der Waals surface area contributed by atoms with Crippen LogP contribution in [-0.4, -0.2) is 24.3 Å². The molecule has 3 nitrogen and oxygen atoms in total. The second kappa shape index (κ2) is 5.95. The van der Waals surface area contributed by atoms with Crippen molar-refractivity contribution in [3.63, 3.8) is 0 Å². The zero-order chi connectivity index (χ0) is 12.1. The Morgan fingerprint density at radius 2 is 1.00 bits per heavy atom. The topological polar surface area (TPSA) is 51.2 Å². The van der Waals surface area contributed by atoms with Gasteiger partial charge in [0.2, 0.25) is 0 Å². The lowest BCUT2D eigenvalue weighted by molar-refractivity contribution is -0.119. The second-order valence-electron chi connectivity index (χ2n) is 3.59. The van der Waals surface area contributed by atoms with Gasteiger partial charge < -0.3 is 14.4 Å². The van der Waals surface area contributed by atoms with E-state index in [0.29, 0.717) is 25.3 Å². The van der Waals surface area contributed by atoms with E-state index in [1.54, 1.807) is 27.7 Å². The van der Waals surface area contributed by atoms with Crippen molar-refractivity contribution >= 4 is 24.3 Å². The molecule has 0 aliphatic rings. The zero-order valence-electron chi connectivity index (χ0n) is 10.1. The lowest BCUT2D eigenvalue weighted by Crippen LogP contribution is -2.58. The number of hydrogen-bond donors (Lipinski definition) is 0. The van der Waals surface area contributed by atoms with Crippen LogP contribution >= 0.6 is 0 Å². The molecule has 0 heterocycles. The minimum absolute atomic E-state index is 0.0938. The third kappa shape index (κ3) is 2.42. The van der Waals surface area contributed by atoms with Crippen molar-refractivity contribution in [2.45, 2.75) is 53.0 Å². The molecular weight excluding hydrogens is 208 g/mol. The summed E-state index contributed by atoms with van der Waals surface area (Å²) < 4.78 is 0. The summed E-state index contributed by atoms with van der Waals surface area (Å²) in [6.45, 7) is 6.98. The monoisotopic (exact) mass is 228 g/mol. The maximum absolute atomic E-state index is 11.9. The van der Waals surface area contributed by atoms with E-state index in [1.807, 2.05) is 0 Å². The second-order valence-corrected chi connectivity index (χ2v) is 7.78. The van der Waals surface area contributed by atoms with E-state index in [2.05, 4.69) is 0 Å². The summed E-state index contributed by atoms with van der Waals surface area (Å²) in [6, 6.07) is 0.430. The Morgan fingerprint density at radius 1 is 0.733 bits per heavy atom. The molecule has 0 aliphatic heterocycles. The highest BCUT2D eigenvalue weighted by atomic mass is 28.3. The van der Waals surface area contributed by atoms with Crippen LogP contribution in [0.3, 0.4) is 0 Å². The third-order valence-corrected chi connectivity index (χ3v) is 7.90. The molecule has 0 radical (unpaired) electrons. The van der Waals surface area contributed by atoms with E-state index < -0.39 is 8.07 Å². The average Bonchev–Trinajstić information content (AvgIpc) is 2.29. The normalized spacial score (nSPS) is 11.2. The standard InChI is InChI=1S/C11H20O3Si/c1-5-9(12)15(8-4,10(13)6-2)11(14)7-3/h5-8H2,1-4H3. The van der Waals surface area contributed by atoms with Crippen LogP contribution in [0.25, 0.3) is 0 Å². The van der Waals surface area contributed by atoms with Crippen molar-refractivity contribution in [1.29, 1.82) is 0 Å². The molecule has 0 aromatic rings. The molecule has 0 N–H and O–H groups in total. The van der Waals surface area contributed by atoms with Crippen LogP contribution in [0.1, 0.15) is 47.0 Å². The van der Waals surface area contributed by atoms with E-state index in [0.717, 1.165) is 0 Å². The summed E-state index contributed by atoms with van der Waals surface area (Å²) in [5.74, 6) is 0. The Kier molecular flexibility index (Phi) is 5.65. The van der Waals surface area contributed by atoms with Crippen molar-refractivity contribution in [3.05, 3.63) is 0 Å². The minimum atomic E-state index is -3.00. The molecule has 0 amide bonds. The number of carbonyl (C=O) groups is 3. The van der Waals surface area contributed by atoms with Gasteiger partial charge in [-0.3, -0.25) is 0 Å². The van der Waals surface area contributed by atoms with Crippen LogP contribution in [0.15, 0.2) is 0 Å². The average molecular weight is 228 g/mol. The van der Waals surface area contributed by atoms with Gasteiger partial charge in [0.1, 0.15) is 16.2 Å².